The molecule has 0 fully saturated rings. The van der Waals surface area contributed by atoms with Crippen LogP contribution in [-0.4, -0.2) is 17.6 Å². The largest absolute Gasteiger partial charge is 0.480 e. The van der Waals surface area contributed by atoms with Crippen LogP contribution in [0, 0.1) is 0 Å². The fourth-order valence-corrected chi connectivity index (χ4v) is 1.80. The Bertz CT molecular complexity index is 533. The monoisotopic (exact) mass is 309 g/mol. The smallest absolute Gasteiger partial charge is 0.317 e. The molecule has 2 aromatic rings. The van der Waals surface area contributed by atoms with Gasteiger partial charge in [-0.15, -0.1) is 0 Å². The van der Waals surface area contributed by atoms with Gasteiger partial charge >= 0.3 is 5.97 Å². The normalized spacial score (nSPS) is 10.5. The molecular formula is C13H12BrNO3. The van der Waals surface area contributed by atoms with Crippen LogP contribution in [0.2, 0.25) is 0 Å². The number of hydrogen-bond donors (Lipinski definition) is 2. The predicted molar refractivity (Wildman–Crippen MR) is 71.2 cm³/mol. The van der Waals surface area contributed by atoms with Crippen molar-refractivity contribution < 1.29 is 14.3 Å². The predicted octanol–water partition coefficient (Wildman–Crippen LogP) is 2.88. The Labute approximate surface area is 113 Å². The molecule has 1 aromatic heterocycles. The van der Waals surface area contributed by atoms with E-state index >= 15 is 0 Å². The summed E-state index contributed by atoms with van der Waals surface area (Å²) in [7, 11) is 0. The van der Waals surface area contributed by atoms with E-state index in [4.69, 9.17) is 9.52 Å². The van der Waals surface area contributed by atoms with Gasteiger partial charge in [-0.3, -0.25) is 10.1 Å². The van der Waals surface area contributed by atoms with Gasteiger partial charge < -0.3 is 9.52 Å². The van der Waals surface area contributed by atoms with Gasteiger partial charge in [0, 0.05) is 10.0 Å². The molecule has 18 heavy (non-hydrogen) atoms. The van der Waals surface area contributed by atoms with Crippen molar-refractivity contribution in [1.29, 1.82) is 0 Å². The van der Waals surface area contributed by atoms with Crippen LogP contribution in [0.15, 0.2) is 45.3 Å². The zero-order chi connectivity index (χ0) is 13.0. The molecular weight excluding hydrogens is 298 g/mol. The van der Waals surface area contributed by atoms with Crippen molar-refractivity contribution in [1.82, 2.24) is 5.32 Å². The van der Waals surface area contributed by atoms with E-state index in [0.29, 0.717) is 12.3 Å². The Balaban J connectivity index is 2.01. The number of benzene rings is 1. The Hall–Kier alpha value is -1.59. The van der Waals surface area contributed by atoms with Crippen LogP contribution in [0.1, 0.15) is 5.76 Å². The van der Waals surface area contributed by atoms with E-state index in [9.17, 15) is 4.79 Å². The van der Waals surface area contributed by atoms with Gasteiger partial charge in [0.2, 0.25) is 0 Å². The number of furan rings is 1. The quantitative estimate of drug-likeness (QED) is 0.891. The number of hydrogen-bond acceptors (Lipinski definition) is 3. The highest BCUT2D eigenvalue weighted by atomic mass is 79.9. The summed E-state index contributed by atoms with van der Waals surface area (Å²) in [4.78, 5) is 10.4. The first-order valence-corrected chi connectivity index (χ1v) is 6.21. The first kappa shape index (κ1) is 12.9. The number of nitrogens with one attached hydrogen (secondary N) is 1. The zero-order valence-corrected chi connectivity index (χ0v) is 11.1. The first-order valence-electron chi connectivity index (χ1n) is 5.42. The number of aliphatic carboxylic acids is 1. The van der Waals surface area contributed by atoms with Gasteiger partial charge in [-0.1, -0.05) is 28.1 Å². The molecule has 1 heterocycles. The molecule has 0 aliphatic heterocycles. The molecule has 2 N–H and O–H groups in total. The van der Waals surface area contributed by atoms with Crippen molar-refractivity contribution in [3.63, 3.8) is 0 Å². The van der Waals surface area contributed by atoms with Gasteiger partial charge in [0.05, 0.1) is 13.1 Å². The van der Waals surface area contributed by atoms with Gasteiger partial charge in [0.15, 0.2) is 0 Å². The van der Waals surface area contributed by atoms with Crippen LogP contribution in [0.5, 0.6) is 0 Å². The Morgan fingerprint density at radius 3 is 2.61 bits per heavy atom. The third-order valence-electron chi connectivity index (χ3n) is 2.37. The highest BCUT2D eigenvalue weighted by molar-refractivity contribution is 9.10. The molecule has 0 amide bonds. The van der Waals surface area contributed by atoms with Crippen LogP contribution in [0.3, 0.4) is 0 Å². The van der Waals surface area contributed by atoms with Gasteiger partial charge in [-0.2, -0.15) is 0 Å². The van der Waals surface area contributed by atoms with Crippen molar-refractivity contribution in [3.05, 3.63) is 46.6 Å². The Morgan fingerprint density at radius 1 is 1.22 bits per heavy atom. The molecule has 1 aromatic carbocycles. The van der Waals surface area contributed by atoms with Gasteiger partial charge in [-0.05, 0) is 24.3 Å². The van der Waals surface area contributed by atoms with E-state index in [1.807, 2.05) is 36.4 Å². The van der Waals surface area contributed by atoms with Crippen LogP contribution < -0.4 is 5.32 Å². The van der Waals surface area contributed by atoms with E-state index in [2.05, 4.69) is 21.2 Å². The molecule has 0 saturated carbocycles. The van der Waals surface area contributed by atoms with E-state index in [0.717, 1.165) is 15.8 Å². The fourth-order valence-electron chi connectivity index (χ4n) is 1.53. The Morgan fingerprint density at radius 2 is 1.94 bits per heavy atom. The minimum absolute atomic E-state index is 0.0751. The SMILES string of the molecule is O=C(O)CNCc1ccc(-c2ccc(Br)cc2)o1. The van der Waals surface area contributed by atoms with Crippen molar-refractivity contribution >= 4 is 21.9 Å². The van der Waals surface area contributed by atoms with Crippen LogP contribution in [-0.2, 0) is 11.3 Å². The molecule has 0 radical (unpaired) electrons. The summed E-state index contributed by atoms with van der Waals surface area (Å²) in [5, 5.41) is 11.3. The topological polar surface area (TPSA) is 62.5 Å². The van der Waals surface area contributed by atoms with Crippen molar-refractivity contribution in [2.45, 2.75) is 6.54 Å². The first-order chi connectivity index (χ1) is 8.65. The molecule has 94 valence electrons. The maximum atomic E-state index is 10.4. The lowest BCUT2D eigenvalue weighted by molar-refractivity contribution is -0.136. The van der Waals surface area contributed by atoms with Crippen LogP contribution in [0.4, 0.5) is 0 Å². The van der Waals surface area contributed by atoms with Gasteiger partial charge in [0.1, 0.15) is 11.5 Å². The molecule has 0 saturated heterocycles. The van der Waals surface area contributed by atoms with Crippen LogP contribution in [0.25, 0.3) is 11.3 Å². The summed E-state index contributed by atoms with van der Waals surface area (Å²) < 4.78 is 6.64. The Kier molecular flexibility index (Phi) is 4.17. The highest BCUT2D eigenvalue weighted by Crippen LogP contribution is 2.23. The molecule has 2 rings (SSSR count). The number of carbonyl (C=O) groups is 1. The average molecular weight is 310 g/mol. The van der Waals surface area contributed by atoms with E-state index in [-0.39, 0.29) is 6.54 Å². The minimum atomic E-state index is -0.880. The second kappa shape index (κ2) is 5.84. The lowest BCUT2D eigenvalue weighted by atomic mass is 10.2. The number of carboxylic acids is 1. The lowest BCUT2D eigenvalue weighted by Gasteiger charge is -1.99. The molecule has 0 atom stereocenters. The fraction of sp³-hybridized carbons (Fsp3) is 0.154. The van der Waals surface area contributed by atoms with Crippen LogP contribution >= 0.6 is 15.9 Å². The van der Waals surface area contributed by atoms with Crippen molar-refractivity contribution in [2.75, 3.05) is 6.54 Å². The number of halogens is 1. The third-order valence-corrected chi connectivity index (χ3v) is 2.89. The summed E-state index contributed by atoms with van der Waals surface area (Å²) >= 11 is 3.37. The average Bonchev–Trinajstić information content (AvgIpc) is 2.78. The molecule has 0 aliphatic carbocycles. The third kappa shape index (κ3) is 3.45. The number of rotatable bonds is 5. The second-order valence-electron chi connectivity index (χ2n) is 3.77. The maximum Gasteiger partial charge on any atom is 0.317 e. The molecule has 0 unspecified atom stereocenters. The standard InChI is InChI=1S/C13H12BrNO3/c14-10-3-1-9(2-4-10)12-6-5-11(18-12)7-15-8-13(16)17/h1-6,15H,7-8H2,(H,16,17). The van der Waals surface area contributed by atoms with E-state index in [1.165, 1.54) is 0 Å². The maximum absolute atomic E-state index is 10.4. The molecule has 0 aliphatic rings. The van der Waals surface area contributed by atoms with Crippen molar-refractivity contribution in [3.8, 4) is 11.3 Å². The zero-order valence-electron chi connectivity index (χ0n) is 9.52. The van der Waals surface area contributed by atoms with E-state index < -0.39 is 5.97 Å². The van der Waals surface area contributed by atoms with E-state index in [1.54, 1.807) is 0 Å². The summed E-state index contributed by atoms with van der Waals surface area (Å²) in [5.74, 6) is 0.610. The van der Waals surface area contributed by atoms with Crippen molar-refractivity contribution in [2.24, 2.45) is 0 Å². The summed E-state index contributed by atoms with van der Waals surface area (Å²) in [6, 6.07) is 11.5. The molecule has 0 bridgehead atoms. The lowest BCUT2D eigenvalue weighted by Crippen LogP contribution is -2.21. The highest BCUT2D eigenvalue weighted by Gasteiger charge is 2.05. The molecule has 5 heteroatoms. The number of carboxylic acid groups (broad SMARTS) is 1. The summed E-state index contributed by atoms with van der Waals surface area (Å²) in [6.07, 6.45) is 0. The molecule has 0 spiro atoms. The molecule has 4 nitrogen and oxygen atoms in total. The second-order valence-corrected chi connectivity index (χ2v) is 4.69. The summed E-state index contributed by atoms with van der Waals surface area (Å²) in [5.41, 5.74) is 0.989. The minimum Gasteiger partial charge on any atom is -0.480 e. The van der Waals surface area contributed by atoms with Gasteiger partial charge in [0.25, 0.3) is 0 Å². The van der Waals surface area contributed by atoms with Gasteiger partial charge in [-0.25, -0.2) is 0 Å². The summed E-state index contributed by atoms with van der Waals surface area (Å²) in [6.45, 7) is 0.331.